The summed E-state index contributed by atoms with van der Waals surface area (Å²) in [4.78, 5) is 12.0. The van der Waals surface area contributed by atoms with Crippen molar-refractivity contribution < 1.29 is 4.79 Å². The number of para-hydroxylation sites is 1. The smallest absolute Gasteiger partial charge is 0.224 e. The topological polar surface area (TPSA) is 46.9 Å². The summed E-state index contributed by atoms with van der Waals surface area (Å²) in [6, 6.07) is 17.1. The molecule has 4 nitrogen and oxygen atoms in total. The van der Waals surface area contributed by atoms with Crippen LogP contribution in [0.25, 0.3) is 5.69 Å². The van der Waals surface area contributed by atoms with E-state index in [9.17, 15) is 4.79 Å². The molecule has 0 bridgehead atoms. The Labute approximate surface area is 139 Å². The summed E-state index contributed by atoms with van der Waals surface area (Å²) >= 11 is 5.83. The Morgan fingerprint density at radius 1 is 1.04 bits per heavy atom. The predicted molar refractivity (Wildman–Crippen MR) is 90.6 cm³/mol. The predicted octanol–water partition coefficient (Wildman–Crippen LogP) is 3.38. The molecule has 0 atom stereocenters. The van der Waals surface area contributed by atoms with Gasteiger partial charge in [-0.3, -0.25) is 4.79 Å². The number of hydrogen-bond acceptors (Lipinski definition) is 2. The van der Waals surface area contributed by atoms with Crippen LogP contribution in [-0.4, -0.2) is 15.7 Å². The molecule has 1 heterocycles. The van der Waals surface area contributed by atoms with E-state index < -0.39 is 0 Å². The van der Waals surface area contributed by atoms with Crippen LogP contribution in [0.1, 0.15) is 11.1 Å². The summed E-state index contributed by atoms with van der Waals surface area (Å²) in [5.41, 5.74) is 2.89. The van der Waals surface area contributed by atoms with Crippen LogP contribution in [0.4, 0.5) is 0 Å². The van der Waals surface area contributed by atoms with E-state index in [-0.39, 0.29) is 5.91 Å². The lowest BCUT2D eigenvalue weighted by Gasteiger charge is -2.04. The second-order valence-electron chi connectivity index (χ2n) is 5.21. The van der Waals surface area contributed by atoms with Gasteiger partial charge in [0.05, 0.1) is 18.3 Å². The number of amides is 1. The maximum Gasteiger partial charge on any atom is 0.224 e. The van der Waals surface area contributed by atoms with Gasteiger partial charge in [-0.15, -0.1) is 0 Å². The van der Waals surface area contributed by atoms with Crippen molar-refractivity contribution in [1.29, 1.82) is 0 Å². The van der Waals surface area contributed by atoms with Crippen molar-refractivity contribution in [1.82, 2.24) is 15.1 Å². The van der Waals surface area contributed by atoms with Crippen LogP contribution in [-0.2, 0) is 17.8 Å². The van der Waals surface area contributed by atoms with E-state index in [1.807, 2.05) is 48.7 Å². The van der Waals surface area contributed by atoms with Crippen LogP contribution in [0, 0.1) is 0 Å². The quantitative estimate of drug-likeness (QED) is 0.781. The highest BCUT2D eigenvalue weighted by atomic mass is 35.5. The second kappa shape index (κ2) is 7.11. The molecule has 2 aromatic carbocycles. The lowest BCUT2D eigenvalue weighted by atomic mass is 10.1. The summed E-state index contributed by atoms with van der Waals surface area (Å²) < 4.78 is 1.79. The third kappa shape index (κ3) is 4.20. The Bertz CT molecular complexity index is 782. The molecule has 0 aliphatic rings. The van der Waals surface area contributed by atoms with Crippen LogP contribution >= 0.6 is 11.6 Å². The molecule has 116 valence electrons. The molecule has 1 aromatic heterocycles. The average molecular weight is 326 g/mol. The fourth-order valence-corrected chi connectivity index (χ4v) is 2.35. The number of rotatable bonds is 5. The molecule has 0 saturated heterocycles. The lowest BCUT2D eigenvalue weighted by molar-refractivity contribution is -0.120. The van der Waals surface area contributed by atoms with Gasteiger partial charge in [0.25, 0.3) is 0 Å². The van der Waals surface area contributed by atoms with Crippen molar-refractivity contribution in [3.05, 3.63) is 83.1 Å². The fourth-order valence-electron chi connectivity index (χ4n) is 2.22. The molecule has 1 amide bonds. The van der Waals surface area contributed by atoms with Gasteiger partial charge in [0.15, 0.2) is 0 Å². The van der Waals surface area contributed by atoms with Crippen LogP contribution < -0.4 is 5.32 Å². The van der Waals surface area contributed by atoms with E-state index in [1.54, 1.807) is 23.0 Å². The van der Waals surface area contributed by atoms with Gasteiger partial charge < -0.3 is 5.32 Å². The number of carbonyl (C=O) groups excluding carboxylic acids is 1. The molecule has 0 fully saturated rings. The number of halogens is 1. The first-order chi connectivity index (χ1) is 11.2. The highest BCUT2D eigenvalue weighted by Crippen LogP contribution is 2.10. The van der Waals surface area contributed by atoms with Gasteiger partial charge in [-0.2, -0.15) is 5.10 Å². The molecule has 0 saturated carbocycles. The van der Waals surface area contributed by atoms with Crippen LogP contribution in [0.3, 0.4) is 0 Å². The molecule has 0 aliphatic heterocycles. The van der Waals surface area contributed by atoms with E-state index in [4.69, 9.17) is 11.6 Å². The summed E-state index contributed by atoms with van der Waals surface area (Å²) in [7, 11) is 0. The SMILES string of the molecule is O=C(Cc1ccc(Cl)cc1)NCc1cnn(-c2ccccc2)c1. The van der Waals surface area contributed by atoms with Crippen LogP contribution in [0.2, 0.25) is 5.02 Å². The number of hydrogen-bond donors (Lipinski definition) is 1. The van der Waals surface area contributed by atoms with Gasteiger partial charge in [0.1, 0.15) is 0 Å². The third-order valence-electron chi connectivity index (χ3n) is 3.42. The first-order valence-corrected chi connectivity index (χ1v) is 7.68. The zero-order valence-corrected chi connectivity index (χ0v) is 13.2. The highest BCUT2D eigenvalue weighted by molar-refractivity contribution is 6.30. The molecule has 0 spiro atoms. The number of nitrogens with zero attached hydrogens (tertiary/aromatic N) is 2. The minimum Gasteiger partial charge on any atom is -0.352 e. The maximum absolute atomic E-state index is 12.0. The Kier molecular flexibility index (Phi) is 4.74. The Morgan fingerprint density at radius 3 is 2.52 bits per heavy atom. The zero-order valence-electron chi connectivity index (χ0n) is 12.4. The molecular formula is C18H16ClN3O. The van der Waals surface area contributed by atoms with Crippen LogP contribution in [0.5, 0.6) is 0 Å². The van der Waals surface area contributed by atoms with Gasteiger partial charge >= 0.3 is 0 Å². The van der Waals surface area contributed by atoms with Crippen molar-refractivity contribution in [2.24, 2.45) is 0 Å². The summed E-state index contributed by atoms with van der Waals surface area (Å²) in [6.07, 6.45) is 4.01. The molecule has 0 radical (unpaired) electrons. The summed E-state index contributed by atoms with van der Waals surface area (Å²) in [5.74, 6) is -0.0280. The molecule has 23 heavy (non-hydrogen) atoms. The van der Waals surface area contributed by atoms with Gasteiger partial charge in [0.2, 0.25) is 5.91 Å². The van der Waals surface area contributed by atoms with Gasteiger partial charge in [-0.05, 0) is 29.8 Å². The molecule has 1 N–H and O–H groups in total. The lowest BCUT2D eigenvalue weighted by Crippen LogP contribution is -2.24. The van der Waals surface area contributed by atoms with Gasteiger partial charge in [0, 0.05) is 23.3 Å². The van der Waals surface area contributed by atoms with Gasteiger partial charge in [-0.25, -0.2) is 4.68 Å². The number of aromatic nitrogens is 2. The van der Waals surface area contributed by atoms with Gasteiger partial charge in [-0.1, -0.05) is 41.9 Å². The highest BCUT2D eigenvalue weighted by Gasteiger charge is 2.05. The van der Waals surface area contributed by atoms with E-state index in [1.165, 1.54) is 0 Å². The van der Waals surface area contributed by atoms with Crippen molar-refractivity contribution >= 4 is 17.5 Å². The molecule has 5 heteroatoms. The monoisotopic (exact) mass is 325 g/mol. The molecular weight excluding hydrogens is 310 g/mol. The Balaban J connectivity index is 1.55. The third-order valence-corrected chi connectivity index (χ3v) is 3.68. The van der Waals surface area contributed by atoms with E-state index in [0.717, 1.165) is 16.8 Å². The Hall–Kier alpha value is -2.59. The second-order valence-corrected chi connectivity index (χ2v) is 5.65. The minimum atomic E-state index is -0.0280. The maximum atomic E-state index is 12.0. The summed E-state index contributed by atoms with van der Waals surface area (Å²) in [6.45, 7) is 0.458. The van der Waals surface area contributed by atoms with Crippen molar-refractivity contribution in [2.75, 3.05) is 0 Å². The van der Waals surface area contributed by atoms with Crippen LogP contribution in [0.15, 0.2) is 67.0 Å². The van der Waals surface area contributed by atoms with E-state index >= 15 is 0 Å². The van der Waals surface area contributed by atoms with E-state index in [2.05, 4.69) is 10.4 Å². The van der Waals surface area contributed by atoms with E-state index in [0.29, 0.717) is 18.0 Å². The minimum absolute atomic E-state index is 0.0280. The standard InChI is InChI=1S/C18H16ClN3O/c19-16-8-6-14(7-9-16)10-18(23)20-11-15-12-21-22(13-15)17-4-2-1-3-5-17/h1-9,12-13H,10-11H2,(H,20,23). The number of nitrogens with one attached hydrogen (secondary N) is 1. The largest absolute Gasteiger partial charge is 0.352 e. The summed E-state index contributed by atoms with van der Waals surface area (Å²) in [5, 5.41) is 7.88. The number of benzene rings is 2. The molecule has 3 rings (SSSR count). The van der Waals surface area contributed by atoms with Crippen molar-refractivity contribution in [3.63, 3.8) is 0 Å². The first-order valence-electron chi connectivity index (χ1n) is 7.31. The molecule has 0 aliphatic carbocycles. The zero-order chi connectivity index (χ0) is 16.1. The Morgan fingerprint density at radius 2 is 1.78 bits per heavy atom. The van der Waals surface area contributed by atoms with Crippen molar-refractivity contribution in [3.8, 4) is 5.69 Å². The molecule has 0 unspecified atom stereocenters. The normalized spacial score (nSPS) is 10.5. The fraction of sp³-hybridized carbons (Fsp3) is 0.111. The molecule has 3 aromatic rings. The number of carbonyl (C=O) groups is 1. The first kappa shape index (κ1) is 15.3. The van der Waals surface area contributed by atoms with Crippen molar-refractivity contribution in [2.45, 2.75) is 13.0 Å². The average Bonchev–Trinajstić information content (AvgIpc) is 3.05.